The maximum Gasteiger partial charge on any atom is 0.231 e. The van der Waals surface area contributed by atoms with E-state index in [1.54, 1.807) is 0 Å². The van der Waals surface area contributed by atoms with Gasteiger partial charge in [0, 0.05) is 18.3 Å². The van der Waals surface area contributed by atoms with Crippen molar-refractivity contribution >= 4 is 11.6 Å². The summed E-state index contributed by atoms with van der Waals surface area (Å²) in [7, 11) is 0. The van der Waals surface area contributed by atoms with Crippen LogP contribution in [0.3, 0.4) is 0 Å². The van der Waals surface area contributed by atoms with Gasteiger partial charge >= 0.3 is 0 Å². The second-order valence-electron chi connectivity index (χ2n) is 5.81. The van der Waals surface area contributed by atoms with E-state index in [0.29, 0.717) is 6.54 Å². The van der Waals surface area contributed by atoms with Gasteiger partial charge in [-0.2, -0.15) is 0 Å². The van der Waals surface area contributed by atoms with Crippen molar-refractivity contribution in [1.29, 1.82) is 0 Å². The number of nitrogens with two attached hydrogens (primary N) is 1. The minimum Gasteiger partial charge on any atom is -0.330 e. The Morgan fingerprint density at radius 2 is 2.11 bits per heavy atom. The number of hydrogen-bond acceptors (Lipinski definition) is 2. The number of nitrogens with zero attached hydrogens (tertiary/aromatic N) is 1. The molecule has 3 heteroatoms. The van der Waals surface area contributed by atoms with Gasteiger partial charge in [-0.15, -0.1) is 0 Å². The van der Waals surface area contributed by atoms with E-state index in [-0.39, 0.29) is 23.8 Å². The van der Waals surface area contributed by atoms with Gasteiger partial charge in [0.15, 0.2) is 0 Å². The van der Waals surface area contributed by atoms with Crippen molar-refractivity contribution in [3.8, 4) is 0 Å². The standard InChI is InChI=1S/C16H24N2O/c1-11(2)14(10-17)16(19)18-12(3)8-9-13-6-4-5-7-15(13)18/h4-7,11-12,14H,8-10,17H2,1-3H3. The molecule has 0 radical (unpaired) electrons. The smallest absolute Gasteiger partial charge is 0.231 e. The molecule has 2 N–H and O–H groups in total. The molecule has 19 heavy (non-hydrogen) atoms. The molecule has 1 amide bonds. The van der Waals surface area contributed by atoms with Crippen LogP contribution in [0.5, 0.6) is 0 Å². The summed E-state index contributed by atoms with van der Waals surface area (Å²) in [6.45, 7) is 6.68. The average Bonchev–Trinajstić information content (AvgIpc) is 2.38. The van der Waals surface area contributed by atoms with Crippen molar-refractivity contribution in [3.63, 3.8) is 0 Å². The first-order chi connectivity index (χ1) is 9.06. The zero-order chi connectivity index (χ0) is 14.0. The molecule has 0 saturated carbocycles. The number of carbonyl (C=O) groups is 1. The normalized spacial score (nSPS) is 20.3. The summed E-state index contributed by atoms with van der Waals surface area (Å²) in [4.78, 5) is 14.8. The number of benzene rings is 1. The van der Waals surface area contributed by atoms with Gasteiger partial charge in [0.05, 0.1) is 5.92 Å². The molecule has 2 unspecified atom stereocenters. The Labute approximate surface area is 115 Å². The molecule has 0 saturated heterocycles. The second kappa shape index (κ2) is 5.74. The number of hydrogen-bond donors (Lipinski definition) is 1. The van der Waals surface area contributed by atoms with Gasteiger partial charge in [0.25, 0.3) is 0 Å². The summed E-state index contributed by atoms with van der Waals surface area (Å²) in [6.07, 6.45) is 2.08. The quantitative estimate of drug-likeness (QED) is 0.908. The number of carbonyl (C=O) groups excluding carboxylic acids is 1. The molecule has 0 bridgehead atoms. The highest BCUT2D eigenvalue weighted by atomic mass is 16.2. The topological polar surface area (TPSA) is 46.3 Å². The van der Waals surface area contributed by atoms with E-state index in [2.05, 4.69) is 32.9 Å². The molecule has 1 aliphatic rings. The maximum atomic E-state index is 12.8. The molecular formula is C16H24N2O. The van der Waals surface area contributed by atoms with E-state index >= 15 is 0 Å². The lowest BCUT2D eigenvalue weighted by Crippen LogP contribution is -2.48. The lowest BCUT2D eigenvalue weighted by molar-refractivity contribution is -0.123. The summed E-state index contributed by atoms with van der Waals surface area (Å²) in [5, 5.41) is 0. The molecule has 0 fully saturated rings. The van der Waals surface area contributed by atoms with Crippen LogP contribution < -0.4 is 10.6 Å². The fourth-order valence-corrected chi connectivity index (χ4v) is 2.86. The van der Waals surface area contributed by atoms with Crippen molar-refractivity contribution < 1.29 is 4.79 Å². The van der Waals surface area contributed by atoms with Crippen LogP contribution in [0.2, 0.25) is 0 Å². The Hall–Kier alpha value is -1.35. The van der Waals surface area contributed by atoms with Crippen LogP contribution in [-0.2, 0) is 11.2 Å². The van der Waals surface area contributed by atoms with Crippen LogP contribution in [0.4, 0.5) is 5.69 Å². The van der Waals surface area contributed by atoms with Crippen LogP contribution in [0.1, 0.15) is 32.8 Å². The van der Waals surface area contributed by atoms with E-state index in [9.17, 15) is 4.79 Å². The first kappa shape index (κ1) is 14.1. The third kappa shape index (κ3) is 2.66. The van der Waals surface area contributed by atoms with Crippen molar-refractivity contribution in [1.82, 2.24) is 0 Å². The highest BCUT2D eigenvalue weighted by Crippen LogP contribution is 2.32. The zero-order valence-corrected chi connectivity index (χ0v) is 12.1. The largest absolute Gasteiger partial charge is 0.330 e. The van der Waals surface area contributed by atoms with E-state index in [0.717, 1.165) is 18.5 Å². The Balaban J connectivity index is 2.35. The van der Waals surface area contributed by atoms with E-state index < -0.39 is 0 Å². The van der Waals surface area contributed by atoms with Crippen LogP contribution in [-0.4, -0.2) is 18.5 Å². The van der Waals surface area contributed by atoms with Crippen LogP contribution in [0.15, 0.2) is 24.3 Å². The molecule has 0 spiro atoms. The molecule has 0 aromatic heterocycles. The third-order valence-electron chi connectivity index (χ3n) is 4.14. The van der Waals surface area contributed by atoms with Gasteiger partial charge < -0.3 is 10.6 Å². The Kier molecular flexibility index (Phi) is 4.25. The van der Waals surface area contributed by atoms with Gasteiger partial charge in [-0.05, 0) is 37.3 Å². The monoisotopic (exact) mass is 260 g/mol. The molecule has 2 atom stereocenters. The van der Waals surface area contributed by atoms with E-state index in [1.807, 2.05) is 17.0 Å². The van der Waals surface area contributed by atoms with Crippen molar-refractivity contribution in [2.75, 3.05) is 11.4 Å². The van der Waals surface area contributed by atoms with Crippen LogP contribution in [0, 0.1) is 11.8 Å². The van der Waals surface area contributed by atoms with E-state index in [1.165, 1.54) is 5.56 Å². The lowest BCUT2D eigenvalue weighted by Gasteiger charge is -2.38. The maximum absolute atomic E-state index is 12.8. The van der Waals surface area contributed by atoms with Crippen molar-refractivity contribution in [2.45, 2.75) is 39.7 Å². The molecule has 1 aliphatic heterocycles. The fraction of sp³-hybridized carbons (Fsp3) is 0.562. The predicted octanol–water partition coefficient (Wildman–Crippen LogP) is 2.59. The molecule has 3 nitrogen and oxygen atoms in total. The number of fused-ring (bicyclic) bond motifs is 1. The SMILES string of the molecule is CC(C)C(CN)C(=O)N1c2ccccc2CCC1C. The minimum atomic E-state index is -0.0893. The third-order valence-corrected chi connectivity index (χ3v) is 4.14. The van der Waals surface area contributed by atoms with Crippen molar-refractivity contribution in [2.24, 2.45) is 17.6 Å². The Morgan fingerprint density at radius 3 is 2.74 bits per heavy atom. The van der Waals surface area contributed by atoms with Gasteiger partial charge in [-0.3, -0.25) is 4.79 Å². The van der Waals surface area contributed by atoms with Gasteiger partial charge in [0.2, 0.25) is 5.91 Å². The Morgan fingerprint density at radius 1 is 1.42 bits per heavy atom. The summed E-state index contributed by atoms with van der Waals surface area (Å²) in [6, 6.07) is 8.48. The van der Waals surface area contributed by atoms with E-state index in [4.69, 9.17) is 5.73 Å². The van der Waals surface area contributed by atoms with Crippen LogP contribution in [0.25, 0.3) is 0 Å². The fourth-order valence-electron chi connectivity index (χ4n) is 2.86. The molecular weight excluding hydrogens is 236 g/mol. The number of aryl methyl sites for hydroxylation is 1. The number of anilines is 1. The zero-order valence-electron chi connectivity index (χ0n) is 12.1. The van der Waals surface area contributed by atoms with Gasteiger partial charge in [-0.25, -0.2) is 0 Å². The molecule has 1 aromatic carbocycles. The lowest BCUT2D eigenvalue weighted by atomic mass is 9.90. The molecule has 1 aromatic rings. The summed E-state index contributed by atoms with van der Waals surface area (Å²) < 4.78 is 0. The first-order valence-corrected chi connectivity index (χ1v) is 7.17. The summed E-state index contributed by atoms with van der Waals surface area (Å²) in [5.74, 6) is 0.365. The summed E-state index contributed by atoms with van der Waals surface area (Å²) >= 11 is 0. The van der Waals surface area contributed by atoms with Gasteiger partial charge in [-0.1, -0.05) is 32.0 Å². The Bertz CT molecular complexity index is 456. The summed E-state index contributed by atoms with van der Waals surface area (Å²) in [5.41, 5.74) is 8.15. The minimum absolute atomic E-state index is 0.0893. The molecule has 1 heterocycles. The average molecular weight is 260 g/mol. The van der Waals surface area contributed by atoms with Crippen LogP contribution >= 0.6 is 0 Å². The number of amides is 1. The first-order valence-electron chi connectivity index (χ1n) is 7.17. The number of para-hydroxylation sites is 1. The van der Waals surface area contributed by atoms with Crippen molar-refractivity contribution in [3.05, 3.63) is 29.8 Å². The molecule has 104 valence electrons. The van der Waals surface area contributed by atoms with Gasteiger partial charge in [0.1, 0.15) is 0 Å². The second-order valence-corrected chi connectivity index (χ2v) is 5.81. The molecule has 0 aliphatic carbocycles. The predicted molar refractivity (Wildman–Crippen MR) is 79.1 cm³/mol. The highest BCUT2D eigenvalue weighted by Gasteiger charge is 2.33. The number of rotatable bonds is 3. The highest BCUT2D eigenvalue weighted by molar-refractivity contribution is 5.97. The molecule has 2 rings (SSSR count).